The van der Waals surface area contributed by atoms with E-state index in [1.54, 1.807) is 16.2 Å². The van der Waals surface area contributed by atoms with E-state index < -0.39 is 0 Å². The number of carbonyl (C=O) groups is 2. The van der Waals surface area contributed by atoms with E-state index in [2.05, 4.69) is 24.4 Å². The molecule has 2 aromatic rings. The van der Waals surface area contributed by atoms with Gasteiger partial charge in [0.25, 0.3) is 0 Å². The lowest BCUT2D eigenvalue weighted by Crippen LogP contribution is -2.48. The molecule has 0 bridgehead atoms. The highest BCUT2D eigenvalue weighted by atomic mass is 32.1. The lowest BCUT2D eigenvalue weighted by molar-refractivity contribution is -0.143. The lowest BCUT2D eigenvalue weighted by Gasteiger charge is -2.37. The van der Waals surface area contributed by atoms with E-state index in [1.165, 1.54) is 16.0 Å². The van der Waals surface area contributed by atoms with Crippen LogP contribution in [0.4, 0.5) is 0 Å². The minimum atomic E-state index is -0.122. The van der Waals surface area contributed by atoms with Crippen molar-refractivity contribution in [1.29, 1.82) is 0 Å². The van der Waals surface area contributed by atoms with Gasteiger partial charge in [-0.2, -0.15) is 0 Å². The molecule has 160 valence electrons. The summed E-state index contributed by atoms with van der Waals surface area (Å²) in [6.45, 7) is 7.88. The molecule has 1 aliphatic carbocycles. The Labute approximate surface area is 182 Å². The number of hydrogen-bond acceptors (Lipinski definition) is 4. The Balaban J connectivity index is 1.50. The molecule has 30 heavy (non-hydrogen) atoms. The summed E-state index contributed by atoms with van der Waals surface area (Å²) in [5.74, 6) is 1.12. The summed E-state index contributed by atoms with van der Waals surface area (Å²) in [7, 11) is 0. The summed E-state index contributed by atoms with van der Waals surface area (Å²) in [5.41, 5.74) is 3.48. The summed E-state index contributed by atoms with van der Waals surface area (Å²) in [6.07, 6.45) is 2.78. The number of benzene rings is 1. The molecule has 2 aliphatic rings. The molecule has 0 unspecified atom stereocenters. The molecular weight excluding hydrogens is 396 g/mol. The molecule has 1 aromatic carbocycles. The first-order valence-electron chi connectivity index (χ1n) is 10.8. The number of aryl methyl sites for hydroxylation is 2. The van der Waals surface area contributed by atoms with E-state index in [1.807, 2.05) is 30.9 Å². The van der Waals surface area contributed by atoms with Gasteiger partial charge >= 0.3 is 0 Å². The van der Waals surface area contributed by atoms with Crippen LogP contribution in [-0.4, -0.2) is 47.9 Å². The van der Waals surface area contributed by atoms with Crippen molar-refractivity contribution in [1.82, 2.24) is 9.80 Å². The fourth-order valence-electron chi connectivity index (χ4n) is 4.19. The van der Waals surface area contributed by atoms with Crippen molar-refractivity contribution in [2.75, 3.05) is 26.2 Å². The summed E-state index contributed by atoms with van der Waals surface area (Å²) in [5, 5.41) is 2.09. The van der Waals surface area contributed by atoms with E-state index in [0.29, 0.717) is 19.7 Å². The molecule has 2 amide bonds. The van der Waals surface area contributed by atoms with Gasteiger partial charge in [0.2, 0.25) is 11.8 Å². The maximum absolute atomic E-state index is 13.3. The van der Waals surface area contributed by atoms with Crippen LogP contribution in [0.1, 0.15) is 47.4 Å². The number of likely N-dealkylation sites (N-methyl/N-ethyl adjacent to an activating group) is 1. The summed E-state index contributed by atoms with van der Waals surface area (Å²) in [4.78, 5) is 30.7. The second-order valence-corrected chi connectivity index (χ2v) is 9.36. The van der Waals surface area contributed by atoms with Crippen molar-refractivity contribution < 1.29 is 14.3 Å². The van der Waals surface area contributed by atoms with Crippen LogP contribution in [0.25, 0.3) is 0 Å². The number of nitrogens with zero attached hydrogens (tertiary/aromatic N) is 2. The molecule has 2 heterocycles. The van der Waals surface area contributed by atoms with Crippen molar-refractivity contribution in [3.8, 4) is 5.75 Å². The molecule has 0 radical (unpaired) electrons. The topological polar surface area (TPSA) is 49.9 Å². The number of rotatable bonds is 7. The van der Waals surface area contributed by atoms with Crippen molar-refractivity contribution in [3.05, 3.63) is 51.2 Å². The molecule has 0 N–H and O–H groups in total. The molecule has 5 nitrogen and oxygen atoms in total. The molecule has 1 aromatic heterocycles. The predicted octanol–water partition coefficient (Wildman–Crippen LogP) is 4.13. The Bertz CT molecular complexity index is 934. The third-order valence-corrected chi connectivity index (χ3v) is 7.08. The Kier molecular flexibility index (Phi) is 6.14. The summed E-state index contributed by atoms with van der Waals surface area (Å²) < 4.78 is 6.20. The molecule has 0 saturated heterocycles. The van der Waals surface area contributed by atoms with Crippen LogP contribution in [0.15, 0.2) is 29.6 Å². The van der Waals surface area contributed by atoms with Crippen LogP contribution in [0.5, 0.6) is 5.75 Å². The molecule has 0 spiro atoms. The first-order valence-corrected chi connectivity index (χ1v) is 11.7. The van der Waals surface area contributed by atoms with Crippen LogP contribution in [-0.2, 0) is 16.0 Å². The Hall–Kier alpha value is -2.34. The van der Waals surface area contributed by atoms with Crippen LogP contribution >= 0.6 is 11.3 Å². The van der Waals surface area contributed by atoms with Gasteiger partial charge in [-0.25, -0.2) is 0 Å². The quantitative estimate of drug-likeness (QED) is 0.669. The smallest absolute Gasteiger partial charge is 0.242 e. The van der Waals surface area contributed by atoms with Gasteiger partial charge in [-0.1, -0.05) is 17.7 Å². The molecule has 1 fully saturated rings. The van der Waals surface area contributed by atoms with Gasteiger partial charge in [0, 0.05) is 23.9 Å². The Morgan fingerprint density at radius 2 is 2.03 bits per heavy atom. The average molecular weight is 427 g/mol. The molecule has 4 rings (SSSR count). The highest BCUT2D eigenvalue weighted by Crippen LogP contribution is 2.35. The average Bonchev–Trinajstić information content (AvgIpc) is 3.47. The van der Waals surface area contributed by atoms with Gasteiger partial charge in [0.1, 0.15) is 12.4 Å². The molecule has 6 heteroatoms. The monoisotopic (exact) mass is 426 g/mol. The number of amides is 2. The normalized spacial score (nSPS) is 18.1. The largest absolute Gasteiger partial charge is 0.491 e. The summed E-state index contributed by atoms with van der Waals surface area (Å²) in [6, 6.07) is 8.15. The minimum Gasteiger partial charge on any atom is -0.491 e. The standard InChI is InChI=1S/C24H30N2O3S/c1-4-25(24(28)18-6-7-18)14-23(27)26-11-9-22-19(10-12-30-22)20(26)15-29-21-8-5-16(2)13-17(21)3/h5,8,10,12-13,18,20H,4,6-7,9,11,14-15H2,1-3H3/t20-/m0/s1. The van der Waals surface area contributed by atoms with Crippen LogP contribution in [0.2, 0.25) is 0 Å². The minimum absolute atomic E-state index is 0.0110. The van der Waals surface area contributed by atoms with E-state index in [9.17, 15) is 9.59 Å². The number of hydrogen-bond donors (Lipinski definition) is 0. The van der Waals surface area contributed by atoms with Crippen LogP contribution in [0, 0.1) is 19.8 Å². The number of thiophene rings is 1. The molecule has 1 atom stereocenters. The van der Waals surface area contributed by atoms with Crippen molar-refractivity contribution in [2.45, 2.75) is 46.1 Å². The fourth-order valence-corrected chi connectivity index (χ4v) is 5.12. The first-order chi connectivity index (χ1) is 14.5. The first kappa shape index (κ1) is 20.9. The van der Waals surface area contributed by atoms with Gasteiger partial charge < -0.3 is 14.5 Å². The van der Waals surface area contributed by atoms with E-state index in [0.717, 1.165) is 30.6 Å². The predicted molar refractivity (Wildman–Crippen MR) is 119 cm³/mol. The number of ether oxygens (including phenoxy) is 1. The fraction of sp³-hybridized carbons (Fsp3) is 0.500. The van der Waals surface area contributed by atoms with Crippen LogP contribution in [0.3, 0.4) is 0 Å². The third kappa shape index (κ3) is 4.38. The van der Waals surface area contributed by atoms with Gasteiger partial charge in [-0.05, 0) is 68.7 Å². The third-order valence-electron chi connectivity index (χ3n) is 6.09. The second-order valence-electron chi connectivity index (χ2n) is 8.36. The van der Waals surface area contributed by atoms with E-state index >= 15 is 0 Å². The van der Waals surface area contributed by atoms with Gasteiger partial charge in [-0.3, -0.25) is 9.59 Å². The highest BCUT2D eigenvalue weighted by Gasteiger charge is 2.36. The SMILES string of the molecule is CCN(CC(=O)N1CCc2sccc2[C@@H]1COc1ccc(C)cc1C)C(=O)C1CC1. The lowest BCUT2D eigenvalue weighted by atomic mass is 10.00. The zero-order chi connectivity index (χ0) is 21.3. The van der Waals surface area contributed by atoms with Gasteiger partial charge in [0.05, 0.1) is 12.6 Å². The zero-order valence-corrected chi connectivity index (χ0v) is 18.8. The second kappa shape index (κ2) is 8.80. The Morgan fingerprint density at radius 1 is 1.23 bits per heavy atom. The van der Waals surface area contributed by atoms with Gasteiger partial charge in [-0.15, -0.1) is 11.3 Å². The van der Waals surface area contributed by atoms with E-state index in [-0.39, 0.29) is 30.3 Å². The zero-order valence-electron chi connectivity index (χ0n) is 18.0. The van der Waals surface area contributed by atoms with E-state index in [4.69, 9.17) is 4.74 Å². The molecule has 1 aliphatic heterocycles. The highest BCUT2D eigenvalue weighted by molar-refractivity contribution is 7.10. The Morgan fingerprint density at radius 3 is 2.73 bits per heavy atom. The van der Waals surface area contributed by atoms with Crippen molar-refractivity contribution in [2.24, 2.45) is 5.92 Å². The maximum atomic E-state index is 13.3. The molecule has 1 saturated carbocycles. The molecular formula is C24H30N2O3S. The van der Waals surface area contributed by atoms with Crippen molar-refractivity contribution >= 4 is 23.2 Å². The number of carbonyl (C=O) groups excluding carboxylic acids is 2. The van der Waals surface area contributed by atoms with Gasteiger partial charge in [0.15, 0.2) is 0 Å². The number of fused-ring (bicyclic) bond motifs is 1. The van der Waals surface area contributed by atoms with Crippen molar-refractivity contribution in [3.63, 3.8) is 0 Å². The maximum Gasteiger partial charge on any atom is 0.242 e. The van der Waals surface area contributed by atoms with Crippen LogP contribution < -0.4 is 4.74 Å². The summed E-state index contributed by atoms with van der Waals surface area (Å²) >= 11 is 1.75.